The largest absolute Gasteiger partial charge is 0.478 e. The monoisotopic (exact) mass is 277 g/mol. The lowest BCUT2D eigenvalue weighted by Gasteiger charge is -2.04. The zero-order valence-corrected chi connectivity index (χ0v) is 12.2. The molecular formula is C15H16ClNO2. The van der Waals surface area contributed by atoms with Crippen LogP contribution in [0.1, 0.15) is 23.6 Å². The van der Waals surface area contributed by atoms with Crippen LogP contribution in [0.5, 0.6) is 0 Å². The molecule has 0 aliphatic carbocycles. The molecule has 2 rings (SSSR count). The maximum absolute atomic E-state index is 11.0. The van der Waals surface area contributed by atoms with Gasteiger partial charge in [0.05, 0.1) is 5.52 Å². The molecule has 0 unspecified atom stereocenters. The van der Waals surface area contributed by atoms with Crippen molar-refractivity contribution in [2.45, 2.75) is 20.8 Å². The maximum atomic E-state index is 11.0. The predicted octanol–water partition coefficient (Wildman–Crippen LogP) is 3.94. The van der Waals surface area contributed by atoms with E-state index in [1.165, 1.54) is 5.56 Å². The molecule has 0 aliphatic rings. The molecule has 0 spiro atoms. The quantitative estimate of drug-likeness (QED) is 0.845. The van der Waals surface area contributed by atoms with E-state index in [9.17, 15) is 4.79 Å². The fraction of sp³-hybridized carbons (Fsp3) is 0.267. The Hall–Kier alpha value is -1.74. The van der Waals surface area contributed by atoms with E-state index in [1.54, 1.807) is 13.0 Å². The van der Waals surface area contributed by atoms with Crippen molar-refractivity contribution in [1.29, 1.82) is 0 Å². The molecule has 0 amide bonds. The van der Waals surface area contributed by atoms with Crippen molar-refractivity contribution in [2.24, 2.45) is 7.05 Å². The van der Waals surface area contributed by atoms with Crippen molar-refractivity contribution in [1.82, 2.24) is 4.57 Å². The minimum absolute atomic E-state index is 0.271. The molecule has 19 heavy (non-hydrogen) atoms. The Bertz CT molecular complexity index is 711. The van der Waals surface area contributed by atoms with Crippen LogP contribution < -0.4 is 0 Å². The van der Waals surface area contributed by atoms with Crippen LogP contribution in [0.25, 0.3) is 17.0 Å². The van der Waals surface area contributed by atoms with Crippen molar-refractivity contribution in [3.63, 3.8) is 0 Å². The van der Waals surface area contributed by atoms with Gasteiger partial charge < -0.3 is 9.67 Å². The molecule has 2 aromatic rings. The third-order valence-electron chi connectivity index (χ3n) is 3.54. The summed E-state index contributed by atoms with van der Waals surface area (Å²) in [5.41, 5.74) is 4.44. The lowest BCUT2D eigenvalue weighted by molar-refractivity contribution is -0.132. The number of hydrogen-bond acceptors (Lipinski definition) is 1. The maximum Gasteiger partial charge on any atom is 0.331 e. The highest BCUT2D eigenvalue weighted by Gasteiger charge is 2.15. The van der Waals surface area contributed by atoms with Gasteiger partial charge in [-0.3, -0.25) is 0 Å². The minimum Gasteiger partial charge on any atom is -0.478 e. The summed E-state index contributed by atoms with van der Waals surface area (Å²) in [5.74, 6) is -0.933. The van der Waals surface area contributed by atoms with Crippen LogP contribution in [-0.4, -0.2) is 15.6 Å². The molecule has 1 aromatic carbocycles. The van der Waals surface area contributed by atoms with E-state index in [0.29, 0.717) is 5.15 Å². The molecule has 0 fully saturated rings. The highest BCUT2D eigenvalue weighted by molar-refractivity contribution is 6.33. The molecule has 0 bridgehead atoms. The zero-order valence-electron chi connectivity index (χ0n) is 11.4. The average Bonchev–Trinajstić information content (AvgIpc) is 2.59. The normalized spacial score (nSPS) is 12.2. The van der Waals surface area contributed by atoms with Gasteiger partial charge in [-0.15, -0.1) is 0 Å². The van der Waals surface area contributed by atoms with E-state index in [-0.39, 0.29) is 5.57 Å². The van der Waals surface area contributed by atoms with Gasteiger partial charge in [-0.1, -0.05) is 23.7 Å². The first-order valence-corrected chi connectivity index (χ1v) is 6.38. The lowest BCUT2D eigenvalue weighted by atomic mass is 10.0. The summed E-state index contributed by atoms with van der Waals surface area (Å²) < 4.78 is 1.90. The second kappa shape index (κ2) is 4.74. The van der Waals surface area contributed by atoms with Gasteiger partial charge >= 0.3 is 5.97 Å². The number of nitrogens with zero attached hydrogens (tertiary/aromatic N) is 1. The SMILES string of the molecule is C/C(=C\c1c(Cl)n(C)c2c(C)c(C)ccc12)C(=O)O. The highest BCUT2D eigenvalue weighted by Crippen LogP contribution is 2.33. The fourth-order valence-electron chi connectivity index (χ4n) is 2.26. The Balaban J connectivity index is 2.84. The number of aromatic nitrogens is 1. The van der Waals surface area contributed by atoms with Gasteiger partial charge in [0.1, 0.15) is 5.15 Å². The lowest BCUT2D eigenvalue weighted by Crippen LogP contribution is -1.95. The van der Waals surface area contributed by atoms with E-state index in [2.05, 4.69) is 0 Å². The smallest absolute Gasteiger partial charge is 0.331 e. The van der Waals surface area contributed by atoms with Crippen LogP contribution in [0.3, 0.4) is 0 Å². The molecule has 4 heteroatoms. The number of aryl methyl sites for hydroxylation is 3. The van der Waals surface area contributed by atoms with Gasteiger partial charge in [-0.25, -0.2) is 4.79 Å². The Morgan fingerprint density at radius 3 is 2.58 bits per heavy atom. The number of hydrogen-bond donors (Lipinski definition) is 1. The number of carbonyl (C=O) groups is 1. The van der Waals surface area contributed by atoms with E-state index in [4.69, 9.17) is 16.7 Å². The molecule has 3 nitrogen and oxygen atoms in total. The van der Waals surface area contributed by atoms with Crippen LogP contribution in [0, 0.1) is 13.8 Å². The fourth-order valence-corrected chi connectivity index (χ4v) is 2.50. The predicted molar refractivity (Wildman–Crippen MR) is 78.7 cm³/mol. The number of benzene rings is 1. The van der Waals surface area contributed by atoms with E-state index >= 15 is 0 Å². The molecule has 1 aromatic heterocycles. The summed E-state index contributed by atoms with van der Waals surface area (Å²) >= 11 is 6.34. The van der Waals surface area contributed by atoms with Crippen molar-refractivity contribution in [3.05, 3.63) is 39.5 Å². The van der Waals surface area contributed by atoms with E-state index in [1.807, 2.05) is 37.6 Å². The first-order chi connectivity index (χ1) is 8.84. The Labute approximate surface area is 117 Å². The minimum atomic E-state index is -0.933. The molecule has 0 saturated carbocycles. The van der Waals surface area contributed by atoms with Crippen molar-refractivity contribution < 1.29 is 9.90 Å². The van der Waals surface area contributed by atoms with Gasteiger partial charge in [0.25, 0.3) is 0 Å². The zero-order chi connectivity index (χ0) is 14.3. The van der Waals surface area contributed by atoms with Crippen LogP contribution in [0.2, 0.25) is 5.15 Å². The number of carboxylic acid groups (broad SMARTS) is 1. The summed E-state index contributed by atoms with van der Waals surface area (Å²) in [6.07, 6.45) is 1.63. The Morgan fingerprint density at radius 2 is 2.00 bits per heavy atom. The molecule has 1 N–H and O–H groups in total. The first-order valence-electron chi connectivity index (χ1n) is 6.00. The number of carboxylic acids is 1. The van der Waals surface area contributed by atoms with Crippen molar-refractivity contribution in [3.8, 4) is 0 Å². The molecular weight excluding hydrogens is 262 g/mol. The van der Waals surface area contributed by atoms with Crippen molar-refractivity contribution >= 4 is 34.5 Å². The summed E-state index contributed by atoms with van der Waals surface area (Å²) in [6.45, 7) is 5.66. The Kier molecular flexibility index (Phi) is 3.42. The number of fused-ring (bicyclic) bond motifs is 1. The number of rotatable bonds is 2. The second-order valence-corrected chi connectivity index (χ2v) is 5.16. The summed E-state index contributed by atoms with van der Waals surface area (Å²) in [4.78, 5) is 11.0. The van der Waals surface area contributed by atoms with Gasteiger partial charge in [-0.05, 0) is 38.0 Å². The number of halogens is 1. The first kappa shape index (κ1) is 13.7. The highest BCUT2D eigenvalue weighted by atomic mass is 35.5. The summed E-state index contributed by atoms with van der Waals surface area (Å²) in [5, 5.41) is 10.5. The second-order valence-electron chi connectivity index (χ2n) is 4.80. The topological polar surface area (TPSA) is 42.2 Å². The molecule has 0 radical (unpaired) electrons. The van der Waals surface area contributed by atoms with Crippen LogP contribution in [0.15, 0.2) is 17.7 Å². The summed E-state index contributed by atoms with van der Waals surface area (Å²) in [6, 6.07) is 4.02. The van der Waals surface area contributed by atoms with Gasteiger partial charge in [0.2, 0.25) is 0 Å². The van der Waals surface area contributed by atoms with Crippen LogP contribution in [0.4, 0.5) is 0 Å². The Morgan fingerprint density at radius 1 is 1.37 bits per heavy atom. The average molecular weight is 278 g/mol. The molecule has 0 aliphatic heterocycles. The number of aliphatic carboxylic acids is 1. The standard InChI is InChI=1S/C15H16ClNO2/c1-8-5-6-11-12(7-9(2)15(18)19)14(16)17(4)13(11)10(8)3/h5-7H,1-4H3,(H,18,19)/b9-7+. The van der Waals surface area contributed by atoms with Gasteiger partial charge in [-0.2, -0.15) is 0 Å². The molecule has 1 heterocycles. The third-order valence-corrected chi connectivity index (χ3v) is 4.00. The molecule has 0 saturated heterocycles. The molecule has 100 valence electrons. The van der Waals surface area contributed by atoms with Gasteiger partial charge in [0.15, 0.2) is 0 Å². The van der Waals surface area contributed by atoms with Crippen LogP contribution >= 0.6 is 11.6 Å². The van der Waals surface area contributed by atoms with Gasteiger partial charge in [0, 0.05) is 23.6 Å². The summed E-state index contributed by atoms with van der Waals surface area (Å²) in [7, 11) is 1.89. The molecule has 0 atom stereocenters. The third kappa shape index (κ3) is 2.15. The van der Waals surface area contributed by atoms with E-state index < -0.39 is 5.97 Å². The van der Waals surface area contributed by atoms with Crippen LogP contribution in [-0.2, 0) is 11.8 Å². The van der Waals surface area contributed by atoms with Crippen molar-refractivity contribution in [2.75, 3.05) is 0 Å². The van der Waals surface area contributed by atoms with E-state index in [0.717, 1.165) is 22.0 Å².